The molecule has 0 saturated heterocycles. The lowest BCUT2D eigenvalue weighted by Crippen LogP contribution is -2.26. The minimum absolute atomic E-state index is 0.0254. The molecule has 1 atom stereocenters. The normalized spacial score (nSPS) is 12.5. The minimum Gasteiger partial charge on any atom is -0.394 e. The molecule has 0 aliphatic heterocycles. The summed E-state index contributed by atoms with van der Waals surface area (Å²) in [5, 5.41) is 13.4. The summed E-state index contributed by atoms with van der Waals surface area (Å²) in [6, 6.07) is 6.37. The van der Waals surface area contributed by atoms with Gasteiger partial charge in [-0.1, -0.05) is 32.0 Å². The van der Waals surface area contributed by atoms with E-state index in [1.165, 1.54) is 18.5 Å². The highest BCUT2D eigenvalue weighted by atomic mass is 16.5. The Hall–Kier alpha value is -4.28. The van der Waals surface area contributed by atoms with Crippen molar-refractivity contribution in [3.63, 3.8) is 0 Å². The molecule has 0 saturated carbocycles. The topological polar surface area (TPSA) is 153 Å². The molecule has 4 aromatic heterocycles. The van der Waals surface area contributed by atoms with Gasteiger partial charge >= 0.3 is 0 Å². The van der Waals surface area contributed by atoms with E-state index in [0.717, 1.165) is 0 Å². The van der Waals surface area contributed by atoms with E-state index >= 15 is 0 Å². The molecular weight excluding hydrogens is 424 g/mol. The van der Waals surface area contributed by atoms with Gasteiger partial charge in [0.25, 0.3) is 11.8 Å². The number of nitrogen functional groups attached to an aromatic ring is 1. The number of aromatic nitrogens is 5. The van der Waals surface area contributed by atoms with E-state index < -0.39 is 11.9 Å². The maximum Gasteiger partial charge on any atom is 0.279 e. The van der Waals surface area contributed by atoms with Gasteiger partial charge < -0.3 is 20.9 Å². The third-order valence-electron chi connectivity index (χ3n) is 4.93. The van der Waals surface area contributed by atoms with E-state index in [2.05, 4.69) is 30.9 Å². The Balaban J connectivity index is 1.46. The first kappa shape index (κ1) is 21.9. The van der Waals surface area contributed by atoms with Gasteiger partial charge in [0.2, 0.25) is 0 Å². The van der Waals surface area contributed by atoms with Crippen LogP contribution >= 0.6 is 0 Å². The van der Waals surface area contributed by atoms with E-state index in [9.17, 15) is 9.59 Å². The van der Waals surface area contributed by atoms with Crippen molar-refractivity contribution in [1.29, 1.82) is 0 Å². The van der Waals surface area contributed by atoms with Crippen LogP contribution in [0.15, 0.2) is 47.4 Å². The first-order valence-electron chi connectivity index (χ1n) is 10.3. The van der Waals surface area contributed by atoms with Crippen LogP contribution in [0.1, 0.15) is 66.2 Å². The lowest BCUT2D eigenvalue weighted by molar-refractivity contribution is 0.0933. The molecular formula is C22H24N8O3. The lowest BCUT2D eigenvalue weighted by Gasteiger charge is -2.17. The van der Waals surface area contributed by atoms with Crippen molar-refractivity contribution >= 4 is 28.8 Å². The Morgan fingerprint density at radius 1 is 1.18 bits per heavy atom. The van der Waals surface area contributed by atoms with Crippen molar-refractivity contribution in [2.24, 2.45) is 0 Å². The summed E-state index contributed by atoms with van der Waals surface area (Å²) in [5.41, 5.74) is 6.96. The second-order valence-electron chi connectivity index (χ2n) is 8.60. The Bertz CT molecular complexity index is 1330. The zero-order valence-corrected chi connectivity index (χ0v) is 18.7. The second-order valence-corrected chi connectivity index (χ2v) is 8.60. The standard InChI is InChI=1S/C22H24N8O3/c1-12(26-19(31)13-10-25-30-8-6-5-7-16(13)30)17-9-15(29-33-17)20(32)27-18-14(23)11-24-21(28-18)22(2,3)4/h5-12H,23H2,1-4H3,(H,26,31)(H,24,27,28,32)/t12-/m1/s1. The van der Waals surface area contributed by atoms with Gasteiger partial charge in [0.1, 0.15) is 5.82 Å². The fourth-order valence-corrected chi connectivity index (χ4v) is 3.08. The van der Waals surface area contributed by atoms with Crippen LogP contribution in [0.25, 0.3) is 5.52 Å². The van der Waals surface area contributed by atoms with Crippen LogP contribution in [-0.2, 0) is 5.41 Å². The lowest BCUT2D eigenvalue weighted by atomic mass is 9.96. The minimum atomic E-state index is -0.545. The number of nitrogens with zero attached hydrogens (tertiary/aromatic N) is 5. The summed E-state index contributed by atoms with van der Waals surface area (Å²) in [6.07, 6.45) is 4.70. The van der Waals surface area contributed by atoms with Crippen LogP contribution in [0.5, 0.6) is 0 Å². The molecule has 2 amide bonds. The molecule has 0 bridgehead atoms. The molecule has 0 aliphatic carbocycles. The summed E-state index contributed by atoms with van der Waals surface area (Å²) in [6.45, 7) is 7.59. The summed E-state index contributed by atoms with van der Waals surface area (Å²) < 4.78 is 6.90. The van der Waals surface area contributed by atoms with Crippen molar-refractivity contribution in [3.8, 4) is 0 Å². The number of fused-ring (bicyclic) bond motifs is 1. The molecule has 4 rings (SSSR count). The maximum absolute atomic E-state index is 12.7. The van der Waals surface area contributed by atoms with Gasteiger partial charge in [0.15, 0.2) is 17.3 Å². The van der Waals surface area contributed by atoms with Crippen LogP contribution in [0.2, 0.25) is 0 Å². The fraction of sp³-hybridized carbons (Fsp3) is 0.273. The smallest absolute Gasteiger partial charge is 0.279 e. The van der Waals surface area contributed by atoms with Gasteiger partial charge in [-0.15, -0.1) is 0 Å². The first-order valence-corrected chi connectivity index (χ1v) is 10.3. The quantitative estimate of drug-likeness (QED) is 0.421. The molecule has 4 aromatic rings. The van der Waals surface area contributed by atoms with Crippen LogP contribution < -0.4 is 16.4 Å². The number of nitrogens with one attached hydrogen (secondary N) is 2. The number of rotatable bonds is 5. The Kier molecular flexibility index (Phi) is 5.54. The zero-order chi connectivity index (χ0) is 23.8. The molecule has 11 heteroatoms. The number of hydrogen-bond acceptors (Lipinski definition) is 8. The highest BCUT2D eigenvalue weighted by Gasteiger charge is 2.23. The summed E-state index contributed by atoms with van der Waals surface area (Å²) >= 11 is 0. The van der Waals surface area contributed by atoms with Gasteiger partial charge in [-0.2, -0.15) is 5.10 Å². The zero-order valence-electron chi connectivity index (χ0n) is 18.7. The molecule has 0 radical (unpaired) electrons. The van der Waals surface area contributed by atoms with Crippen LogP contribution in [-0.4, -0.2) is 36.6 Å². The highest BCUT2D eigenvalue weighted by molar-refractivity contribution is 6.03. The first-order chi connectivity index (χ1) is 15.6. The van der Waals surface area contributed by atoms with Crippen molar-refractivity contribution in [2.45, 2.75) is 39.2 Å². The van der Waals surface area contributed by atoms with Gasteiger partial charge in [0.05, 0.1) is 35.2 Å². The van der Waals surface area contributed by atoms with Gasteiger partial charge in [0, 0.05) is 17.7 Å². The van der Waals surface area contributed by atoms with E-state index in [0.29, 0.717) is 22.7 Å². The predicted molar refractivity (Wildman–Crippen MR) is 121 cm³/mol. The van der Waals surface area contributed by atoms with Gasteiger partial charge in [-0.25, -0.2) is 14.5 Å². The highest BCUT2D eigenvalue weighted by Crippen LogP contribution is 2.23. The average molecular weight is 448 g/mol. The molecule has 0 fully saturated rings. The average Bonchev–Trinajstić information content (AvgIpc) is 3.42. The summed E-state index contributed by atoms with van der Waals surface area (Å²) in [7, 11) is 0. The van der Waals surface area contributed by atoms with E-state index in [-0.39, 0.29) is 28.5 Å². The molecule has 4 heterocycles. The number of nitrogens with two attached hydrogens (primary N) is 1. The number of pyridine rings is 1. The molecule has 0 aromatic carbocycles. The largest absolute Gasteiger partial charge is 0.394 e. The number of carbonyl (C=O) groups excluding carboxylic acids is 2. The molecule has 4 N–H and O–H groups in total. The van der Waals surface area contributed by atoms with E-state index in [1.54, 1.807) is 23.7 Å². The second kappa shape index (κ2) is 8.34. The number of carbonyl (C=O) groups is 2. The molecule has 33 heavy (non-hydrogen) atoms. The molecule has 11 nitrogen and oxygen atoms in total. The number of hydrogen-bond donors (Lipinski definition) is 3. The molecule has 0 aliphatic rings. The Labute approximate surface area is 189 Å². The SMILES string of the molecule is C[C@@H](NC(=O)c1cnn2ccccc12)c1cc(C(=O)Nc2nc(C(C)(C)C)ncc2N)no1. The predicted octanol–water partition coefficient (Wildman–Crippen LogP) is 2.74. The molecule has 0 unspecified atom stereocenters. The monoisotopic (exact) mass is 448 g/mol. The van der Waals surface area contributed by atoms with Crippen LogP contribution in [0.4, 0.5) is 11.5 Å². The summed E-state index contributed by atoms with van der Waals surface area (Å²) in [4.78, 5) is 33.9. The number of amides is 2. The van der Waals surface area contributed by atoms with Gasteiger partial charge in [-0.05, 0) is 19.1 Å². The fourth-order valence-electron chi connectivity index (χ4n) is 3.08. The third-order valence-corrected chi connectivity index (χ3v) is 4.93. The van der Waals surface area contributed by atoms with Gasteiger partial charge in [-0.3, -0.25) is 9.59 Å². The number of anilines is 2. The molecule has 170 valence electrons. The Morgan fingerprint density at radius 3 is 2.73 bits per heavy atom. The van der Waals surface area contributed by atoms with Crippen molar-refractivity contribution in [1.82, 2.24) is 30.1 Å². The van der Waals surface area contributed by atoms with E-state index in [4.69, 9.17) is 10.3 Å². The van der Waals surface area contributed by atoms with Crippen molar-refractivity contribution in [2.75, 3.05) is 11.1 Å². The summed E-state index contributed by atoms with van der Waals surface area (Å²) in [5.74, 6) is 0.178. The van der Waals surface area contributed by atoms with E-state index in [1.807, 2.05) is 32.9 Å². The van der Waals surface area contributed by atoms with Crippen molar-refractivity contribution in [3.05, 3.63) is 65.7 Å². The molecule has 0 spiro atoms. The third kappa shape index (κ3) is 4.52. The van der Waals surface area contributed by atoms with Crippen LogP contribution in [0.3, 0.4) is 0 Å². The van der Waals surface area contributed by atoms with Crippen molar-refractivity contribution < 1.29 is 14.1 Å². The van der Waals surface area contributed by atoms with Crippen LogP contribution in [0, 0.1) is 0 Å². The Morgan fingerprint density at radius 2 is 1.97 bits per heavy atom. The maximum atomic E-state index is 12.7.